The fourth-order valence-electron chi connectivity index (χ4n) is 4.31. The molecule has 0 aliphatic heterocycles. The Bertz CT molecular complexity index is 614. The van der Waals surface area contributed by atoms with Gasteiger partial charge in [-0.25, -0.2) is 4.79 Å². The van der Waals surface area contributed by atoms with Gasteiger partial charge in [0, 0.05) is 11.0 Å². The molecule has 3 heteroatoms. The fourth-order valence-corrected chi connectivity index (χ4v) is 4.31. The summed E-state index contributed by atoms with van der Waals surface area (Å²) in [4.78, 5) is 24.5. The van der Waals surface area contributed by atoms with Gasteiger partial charge in [0.15, 0.2) is 0 Å². The Hall–Kier alpha value is -1.64. The zero-order valence-electron chi connectivity index (χ0n) is 13.8. The van der Waals surface area contributed by atoms with Gasteiger partial charge in [-0.05, 0) is 37.5 Å². The number of ketones is 1. The zero-order chi connectivity index (χ0) is 16.1. The number of hydrogen-bond acceptors (Lipinski definition) is 3. The summed E-state index contributed by atoms with van der Waals surface area (Å²) in [5.41, 5.74) is 1.63. The van der Waals surface area contributed by atoms with Gasteiger partial charge in [0.2, 0.25) is 0 Å². The van der Waals surface area contributed by atoms with E-state index in [1.807, 2.05) is 19.1 Å². The van der Waals surface area contributed by atoms with E-state index < -0.39 is 11.8 Å². The van der Waals surface area contributed by atoms with Crippen LogP contribution in [0.5, 0.6) is 0 Å². The van der Waals surface area contributed by atoms with Crippen LogP contribution in [0.3, 0.4) is 0 Å². The van der Waals surface area contributed by atoms with Crippen LogP contribution in [0, 0.1) is 23.7 Å². The van der Waals surface area contributed by atoms with E-state index in [9.17, 15) is 9.59 Å². The number of rotatable bonds is 3. The van der Waals surface area contributed by atoms with Gasteiger partial charge < -0.3 is 4.74 Å². The second-order valence-corrected chi connectivity index (χ2v) is 7.70. The van der Waals surface area contributed by atoms with Crippen molar-refractivity contribution in [3.05, 3.63) is 35.4 Å². The molecule has 1 aromatic rings. The summed E-state index contributed by atoms with van der Waals surface area (Å²) in [6.07, 6.45) is 3.02. The first-order valence-corrected chi connectivity index (χ1v) is 8.08. The Labute approximate surface area is 132 Å². The van der Waals surface area contributed by atoms with Crippen LogP contribution in [0.1, 0.15) is 56.0 Å². The van der Waals surface area contributed by atoms with Crippen molar-refractivity contribution >= 4 is 11.8 Å². The summed E-state index contributed by atoms with van der Waals surface area (Å²) in [5.74, 6) is -0.660. The van der Waals surface area contributed by atoms with Crippen molar-refractivity contribution in [1.29, 1.82) is 0 Å². The Morgan fingerprint density at radius 2 is 1.77 bits per heavy atom. The lowest BCUT2D eigenvalue weighted by Crippen LogP contribution is -2.39. The second-order valence-electron chi connectivity index (χ2n) is 7.70. The Morgan fingerprint density at radius 1 is 1.14 bits per heavy atom. The smallest absolute Gasteiger partial charge is 0.379 e. The quantitative estimate of drug-likeness (QED) is 0.482. The average molecular weight is 300 g/mol. The first-order chi connectivity index (χ1) is 10.3. The van der Waals surface area contributed by atoms with Crippen LogP contribution < -0.4 is 0 Å². The molecule has 2 saturated carbocycles. The van der Waals surface area contributed by atoms with Crippen LogP contribution in [0.2, 0.25) is 0 Å². The van der Waals surface area contributed by atoms with E-state index in [1.165, 1.54) is 6.42 Å². The minimum absolute atomic E-state index is 0.0130. The lowest BCUT2D eigenvalue weighted by molar-refractivity contribution is -0.150. The van der Waals surface area contributed by atoms with Gasteiger partial charge >= 0.3 is 5.97 Å². The van der Waals surface area contributed by atoms with Crippen molar-refractivity contribution in [1.82, 2.24) is 0 Å². The standard InChI is InChI=1S/C19H24O3/c1-12-5-7-13(8-6-12)16(20)17(21)22-15-11-14-9-10-19(15,4)18(14,2)3/h5-8,14-15H,9-11H2,1-4H3. The number of carbonyl (C=O) groups excluding carboxylic acids is 2. The Kier molecular flexibility index (Phi) is 3.42. The van der Waals surface area contributed by atoms with Crippen LogP contribution in [-0.4, -0.2) is 17.9 Å². The molecule has 2 aliphatic carbocycles. The normalized spacial score (nSPS) is 32.0. The maximum absolute atomic E-state index is 12.2. The van der Waals surface area contributed by atoms with E-state index in [0.717, 1.165) is 18.4 Å². The van der Waals surface area contributed by atoms with Gasteiger partial charge in [-0.15, -0.1) is 0 Å². The number of esters is 1. The predicted molar refractivity (Wildman–Crippen MR) is 84.6 cm³/mol. The highest BCUT2D eigenvalue weighted by atomic mass is 16.5. The topological polar surface area (TPSA) is 43.4 Å². The van der Waals surface area contributed by atoms with Gasteiger partial charge in [0.05, 0.1) is 0 Å². The Balaban J connectivity index is 1.73. The molecular weight excluding hydrogens is 276 g/mol. The van der Waals surface area contributed by atoms with E-state index >= 15 is 0 Å². The van der Waals surface area contributed by atoms with E-state index in [2.05, 4.69) is 20.8 Å². The minimum atomic E-state index is -0.710. The van der Waals surface area contributed by atoms with Crippen LogP contribution in [0.4, 0.5) is 0 Å². The lowest BCUT2D eigenvalue weighted by atomic mass is 9.70. The highest BCUT2D eigenvalue weighted by Crippen LogP contribution is 2.66. The third-order valence-electron chi connectivity index (χ3n) is 6.46. The molecule has 3 nitrogen and oxygen atoms in total. The number of benzene rings is 1. The molecule has 0 amide bonds. The molecule has 2 fully saturated rings. The molecule has 0 aromatic heterocycles. The second kappa shape index (κ2) is 4.94. The van der Waals surface area contributed by atoms with Crippen molar-refractivity contribution in [3.8, 4) is 0 Å². The summed E-state index contributed by atoms with van der Waals surface area (Å²) in [6, 6.07) is 7.04. The number of aryl methyl sites for hydroxylation is 1. The van der Waals surface area contributed by atoms with Crippen molar-refractivity contribution in [2.45, 2.75) is 53.1 Å². The summed E-state index contributed by atoms with van der Waals surface area (Å²) in [5, 5.41) is 0. The first kappa shape index (κ1) is 15.3. The number of carbonyl (C=O) groups is 2. The molecule has 3 rings (SSSR count). The van der Waals surface area contributed by atoms with E-state index in [0.29, 0.717) is 11.5 Å². The Morgan fingerprint density at radius 3 is 2.27 bits per heavy atom. The minimum Gasteiger partial charge on any atom is -0.456 e. The molecule has 22 heavy (non-hydrogen) atoms. The molecule has 0 N–H and O–H groups in total. The molecule has 3 atom stereocenters. The summed E-state index contributed by atoms with van der Waals surface area (Å²) in [6.45, 7) is 8.68. The van der Waals surface area contributed by atoms with Crippen LogP contribution in [0.25, 0.3) is 0 Å². The van der Waals surface area contributed by atoms with Crippen molar-refractivity contribution < 1.29 is 14.3 Å². The molecule has 0 radical (unpaired) electrons. The average Bonchev–Trinajstić information content (AvgIpc) is 2.80. The number of fused-ring (bicyclic) bond motifs is 2. The zero-order valence-corrected chi connectivity index (χ0v) is 13.8. The summed E-state index contributed by atoms with van der Waals surface area (Å²) >= 11 is 0. The van der Waals surface area contributed by atoms with Gasteiger partial charge in [0.1, 0.15) is 6.10 Å². The molecular formula is C19H24O3. The third-order valence-corrected chi connectivity index (χ3v) is 6.46. The molecule has 3 unspecified atom stereocenters. The third kappa shape index (κ3) is 2.10. The van der Waals surface area contributed by atoms with E-state index in [4.69, 9.17) is 4.74 Å². The number of hydrogen-bond donors (Lipinski definition) is 0. The van der Waals surface area contributed by atoms with Gasteiger partial charge in [-0.1, -0.05) is 50.6 Å². The molecule has 1 aromatic carbocycles. The van der Waals surface area contributed by atoms with Crippen LogP contribution in [-0.2, 0) is 9.53 Å². The highest BCUT2D eigenvalue weighted by Gasteiger charge is 2.63. The van der Waals surface area contributed by atoms with Gasteiger partial charge in [-0.2, -0.15) is 0 Å². The number of ether oxygens (including phenoxy) is 1. The number of Topliss-reactive ketones (excluding diaryl/α,β-unsaturated/α-hetero) is 1. The largest absolute Gasteiger partial charge is 0.456 e. The van der Waals surface area contributed by atoms with Crippen LogP contribution >= 0.6 is 0 Å². The van der Waals surface area contributed by atoms with Crippen molar-refractivity contribution in [3.63, 3.8) is 0 Å². The molecule has 0 heterocycles. The van der Waals surface area contributed by atoms with Crippen molar-refractivity contribution in [2.24, 2.45) is 16.7 Å². The van der Waals surface area contributed by atoms with Crippen LogP contribution in [0.15, 0.2) is 24.3 Å². The summed E-state index contributed by atoms with van der Waals surface area (Å²) in [7, 11) is 0. The lowest BCUT2D eigenvalue weighted by Gasteiger charge is -2.38. The molecule has 2 bridgehead atoms. The summed E-state index contributed by atoms with van der Waals surface area (Å²) < 4.78 is 5.64. The van der Waals surface area contributed by atoms with Gasteiger partial charge in [-0.3, -0.25) is 4.79 Å². The van der Waals surface area contributed by atoms with E-state index in [1.54, 1.807) is 12.1 Å². The first-order valence-electron chi connectivity index (χ1n) is 8.08. The maximum Gasteiger partial charge on any atom is 0.379 e. The van der Waals surface area contributed by atoms with Gasteiger partial charge in [0.25, 0.3) is 5.78 Å². The molecule has 0 saturated heterocycles. The molecule has 118 valence electrons. The highest BCUT2D eigenvalue weighted by molar-refractivity contribution is 6.40. The molecule has 2 aliphatic rings. The van der Waals surface area contributed by atoms with E-state index in [-0.39, 0.29) is 16.9 Å². The SMILES string of the molecule is Cc1ccc(C(=O)C(=O)OC2CC3CCC2(C)C3(C)C)cc1. The van der Waals surface area contributed by atoms with Crippen molar-refractivity contribution in [2.75, 3.05) is 0 Å². The molecule has 0 spiro atoms. The monoisotopic (exact) mass is 300 g/mol. The fraction of sp³-hybridized carbons (Fsp3) is 0.579. The maximum atomic E-state index is 12.2. The predicted octanol–water partition coefficient (Wildman–Crippen LogP) is 3.94.